The average molecular weight is 632 g/mol. The maximum absolute atomic E-state index is 14.5. The van der Waals surface area contributed by atoms with Crippen molar-refractivity contribution < 1.29 is 18.0 Å². The highest BCUT2D eigenvalue weighted by Crippen LogP contribution is 2.27. The molecule has 4 aromatic rings. The van der Waals surface area contributed by atoms with Crippen molar-refractivity contribution in [3.8, 4) is 0 Å². The van der Waals surface area contributed by atoms with Gasteiger partial charge in [0, 0.05) is 23.5 Å². The SMILES string of the molecule is Cc1cccc(N(CC(=O)N(Cc2ccccc2)[C@H](Cc2ccccc2)C(=O)NC(C)(C)C)S(=O)(=O)c2ccc(Cl)cc2)c1. The molecule has 0 aromatic heterocycles. The summed E-state index contributed by atoms with van der Waals surface area (Å²) in [5.41, 5.74) is 2.30. The van der Waals surface area contributed by atoms with Crippen LogP contribution in [0.1, 0.15) is 37.5 Å². The Hall–Kier alpha value is -4.14. The number of sulfonamides is 1. The Morgan fingerprint density at radius 1 is 0.818 bits per heavy atom. The van der Waals surface area contributed by atoms with Gasteiger partial charge in [0.2, 0.25) is 11.8 Å². The number of aryl methyl sites for hydroxylation is 1. The Kier molecular flexibility index (Phi) is 10.5. The smallest absolute Gasteiger partial charge is 0.264 e. The van der Waals surface area contributed by atoms with Gasteiger partial charge in [0.05, 0.1) is 10.6 Å². The molecule has 0 heterocycles. The van der Waals surface area contributed by atoms with Gasteiger partial charge in [0.25, 0.3) is 10.0 Å². The average Bonchev–Trinajstić information content (AvgIpc) is 2.98. The van der Waals surface area contributed by atoms with Gasteiger partial charge < -0.3 is 10.2 Å². The van der Waals surface area contributed by atoms with E-state index >= 15 is 0 Å². The molecule has 0 aliphatic rings. The first kappa shape index (κ1) is 32.8. The van der Waals surface area contributed by atoms with Crippen LogP contribution in [0.5, 0.6) is 0 Å². The van der Waals surface area contributed by atoms with E-state index in [1.165, 1.54) is 29.2 Å². The van der Waals surface area contributed by atoms with E-state index in [2.05, 4.69) is 5.32 Å². The Morgan fingerprint density at radius 3 is 1.98 bits per heavy atom. The number of carbonyl (C=O) groups is 2. The lowest BCUT2D eigenvalue weighted by Crippen LogP contribution is -2.56. The molecule has 0 aliphatic carbocycles. The van der Waals surface area contributed by atoms with Crippen molar-refractivity contribution in [2.75, 3.05) is 10.8 Å². The van der Waals surface area contributed by atoms with Gasteiger partial charge in [-0.15, -0.1) is 0 Å². The van der Waals surface area contributed by atoms with Crippen LogP contribution in [0.4, 0.5) is 5.69 Å². The quantitative estimate of drug-likeness (QED) is 0.208. The second-order valence-corrected chi connectivity index (χ2v) is 14.1. The van der Waals surface area contributed by atoms with Crippen molar-refractivity contribution in [1.29, 1.82) is 0 Å². The summed E-state index contributed by atoms with van der Waals surface area (Å²) in [4.78, 5) is 29.9. The standard InChI is InChI=1S/C35H38ClN3O4S/c1-26-12-11-17-30(22-26)39(44(42,43)31-20-18-29(36)19-21-31)25-33(40)38(24-28-15-9-6-10-16-28)32(34(41)37-35(2,3)4)23-27-13-7-5-8-14-27/h5-22,32H,23-25H2,1-4H3,(H,37,41)/t32-/m1/s1. The van der Waals surface area contributed by atoms with E-state index in [-0.39, 0.29) is 23.8 Å². The summed E-state index contributed by atoms with van der Waals surface area (Å²) in [6, 6.07) is 30.7. The maximum atomic E-state index is 14.5. The number of hydrogen-bond donors (Lipinski definition) is 1. The number of hydrogen-bond acceptors (Lipinski definition) is 4. The first-order valence-electron chi connectivity index (χ1n) is 14.4. The molecule has 0 aliphatic heterocycles. The summed E-state index contributed by atoms with van der Waals surface area (Å²) in [5.74, 6) is -0.841. The number of nitrogens with one attached hydrogen (secondary N) is 1. The highest BCUT2D eigenvalue weighted by Gasteiger charge is 2.35. The van der Waals surface area contributed by atoms with Crippen molar-refractivity contribution in [1.82, 2.24) is 10.2 Å². The molecule has 44 heavy (non-hydrogen) atoms. The van der Waals surface area contributed by atoms with Gasteiger partial charge in [0.1, 0.15) is 12.6 Å². The predicted octanol–water partition coefficient (Wildman–Crippen LogP) is 6.40. The van der Waals surface area contributed by atoms with Gasteiger partial charge in [-0.3, -0.25) is 13.9 Å². The number of halogens is 1. The molecule has 0 saturated carbocycles. The normalized spacial score (nSPS) is 12.3. The van der Waals surface area contributed by atoms with Gasteiger partial charge in [-0.1, -0.05) is 84.4 Å². The fourth-order valence-electron chi connectivity index (χ4n) is 4.83. The highest BCUT2D eigenvalue weighted by atomic mass is 35.5. The van der Waals surface area contributed by atoms with Crippen LogP contribution in [0.15, 0.2) is 114 Å². The summed E-state index contributed by atoms with van der Waals surface area (Å²) >= 11 is 6.05. The van der Waals surface area contributed by atoms with Crippen LogP contribution in [-0.2, 0) is 32.6 Å². The third-order valence-electron chi connectivity index (χ3n) is 6.94. The maximum Gasteiger partial charge on any atom is 0.264 e. The van der Waals surface area contributed by atoms with Crippen LogP contribution >= 0.6 is 11.6 Å². The van der Waals surface area contributed by atoms with E-state index in [4.69, 9.17) is 11.6 Å². The van der Waals surface area contributed by atoms with Gasteiger partial charge >= 0.3 is 0 Å². The van der Waals surface area contributed by atoms with Crippen LogP contribution in [0.25, 0.3) is 0 Å². The molecule has 9 heteroatoms. The summed E-state index contributed by atoms with van der Waals surface area (Å²) in [7, 11) is -4.20. The minimum absolute atomic E-state index is 0.00266. The fourth-order valence-corrected chi connectivity index (χ4v) is 6.36. The van der Waals surface area contributed by atoms with Crippen molar-refractivity contribution in [3.05, 3.63) is 131 Å². The van der Waals surface area contributed by atoms with Gasteiger partial charge in [-0.25, -0.2) is 8.42 Å². The van der Waals surface area contributed by atoms with Gasteiger partial charge in [-0.2, -0.15) is 0 Å². The molecule has 0 radical (unpaired) electrons. The number of anilines is 1. The van der Waals surface area contributed by atoms with Crippen LogP contribution in [0.3, 0.4) is 0 Å². The zero-order chi connectivity index (χ0) is 31.9. The third kappa shape index (κ3) is 8.71. The monoisotopic (exact) mass is 631 g/mol. The summed E-state index contributed by atoms with van der Waals surface area (Å²) in [6.45, 7) is 7.09. The van der Waals surface area contributed by atoms with E-state index in [9.17, 15) is 18.0 Å². The molecule has 0 saturated heterocycles. The zero-order valence-corrected chi connectivity index (χ0v) is 27.0. The molecule has 230 valence electrons. The Balaban J connectivity index is 1.80. The Morgan fingerprint density at radius 2 is 1.41 bits per heavy atom. The van der Waals surface area contributed by atoms with Crippen LogP contribution in [0, 0.1) is 6.92 Å². The van der Waals surface area contributed by atoms with Crippen LogP contribution in [-0.4, -0.2) is 43.3 Å². The first-order chi connectivity index (χ1) is 20.8. The van der Waals surface area contributed by atoms with E-state index in [1.807, 2.05) is 94.4 Å². The first-order valence-corrected chi connectivity index (χ1v) is 16.2. The zero-order valence-electron chi connectivity index (χ0n) is 25.4. The molecule has 2 amide bonds. The molecule has 7 nitrogen and oxygen atoms in total. The molecular formula is C35H38ClN3O4S. The second-order valence-electron chi connectivity index (χ2n) is 11.8. The molecule has 0 fully saturated rings. The van der Waals surface area contributed by atoms with Gasteiger partial charge in [-0.05, 0) is 80.8 Å². The Labute approximate surface area is 265 Å². The molecule has 1 N–H and O–H groups in total. The number of benzene rings is 4. The predicted molar refractivity (Wildman–Crippen MR) is 176 cm³/mol. The largest absolute Gasteiger partial charge is 0.350 e. The van der Waals surface area contributed by atoms with Crippen molar-refractivity contribution in [3.63, 3.8) is 0 Å². The molecule has 1 atom stereocenters. The number of amides is 2. The van der Waals surface area contributed by atoms with E-state index in [0.717, 1.165) is 21.0 Å². The minimum atomic E-state index is -4.20. The number of carbonyl (C=O) groups excluding carboxylic acids is 2. The molecule has 4 rings (SSSR count). The fraction of sp³-hybridized carbons (Fsp3) is 0.257. The lowest BCUT2D eigenvalue weighted by Gasteiger charge is -2.35. The minimum Gasteiger partial charge on any atom is -0.350 e. The molecule has 0 bridgehead atoms. The van der Waals surface area contributed by atoms with Crippen LogP contribution in [0.2, 0.25) is 5.02 Å². The lowest BCUT2D eigenvalue weighted by atomic mass is 10.0. The molecular weight excluding hydrogens is 594 g/mol. The van der Waals surface area contributed by atoms with E-state index in [1.54, 1.807) is 18.2 Å². The molecule has 0 spiro atoms. The van der Waals surface area contributed by atoms with E-state index in [0.29, 0.717) is 10.7 Å². The highest BCUT2D eigenvalue weighted by molar-refractivity contribution is 7.92. The topological polar surface area (TPSA) is 86.8 Å². The Bertz CT molecular complexity index is 1670. The van der Waals surface area contributed by atoms with Crippen molar-refractivity contribution >= 4 is 39.1 Å². The van der Waals surface area contributed by atoms with Crippen molar-refractivity contribution in [2.24, 2.45) is 0 Å². The molecule has 0 unspecified atom stereocenters. The summed E-state index contributed by atoms with van der Waals surface area (Å²) in [6.07, 6.45) is 0.246. The summed E-state index contributed by atoms with van der Waals surface area (Å²) < 4.78 is 29.3. The second kappa shape index (κ2) is 14.1. The lowest BCUT2D eigenvalue weighted by molar-refractivity contribution is -0.140. The van der Waals surface area contributed by atoms with E-state index < -0.39 is 34.1 Å². The third-order valence-corrected chi connectivity index (χ3v) is 8.98. The van der Waals surface area contributed by atoms with Crippen LogP contribution < -0.4 is 9.62 Å². The van der Waals surface area contributed by atoms with Crippen molar-refractivity contribution in [2.45, 2.75) is 57.1 Å². The summed E-state index contributed by atoms with van der Waals surface area (Å²) in [5, 5.41) is 3.43. The number of rotatable bonds is 11. The van der Waals surface area contributed by atoms with Gasteiger partial charge in [0.15, 0.2) is 0 Å². The molecule has 4 aromatic carbocycles. The number of nitrogens with zero attached hydrogens (tertiary/aromatic N) is 2.